The summed E-state index contributed by atoms with van der Waals surface area (Å²) in [6, 6.07) is 11.5. The van der Waals surface area contributed by atoms with Crippen molar-refractivity contribution in [3.05, 3.63) is 64.9 Å². The highest BCUT2D eigenvalue weighted by Gasteiger charge is 2.35. The van der Waals surface area contributed by atoms with Crippen LogP contribution in [0.1, 0.15) is 42.2 Å². The Morgan fingerprint density at radius 1 is 1.12 bits per heavy atom. The Kier molecular flexibility index (Phi) is 8.12. The van der Waals surface area contributed by atoms with E-state index >= 15 is 0 Å². The molecule has 1 amide bonds. The van der Waals surface area contributed by atoms with Crippen LogP contribution in [-0.4, -0.2) is 49.8 Å². The van der Waals surface area contributed by atoms with Crippen molar-refractivity contribution >= 4 is 34.9 Å². The highest BCUT2D eigenvalue weighted by molar-refractivity contribution is 7.80. The van der Waals surface area contributed by atoms with Gasteiger partial charge in [0.2, 0.25) is 0 Å². The summed E-state index contributed by atoms with van der Waals surface area (Å²) in [4.78, 5) is 28.1. The van der Waals surface area contributed by atoms with Gasteiger partial charge in [0.25, 0.3) is 5.91 Å². The lowest BCUT2D eigenvalue weighted by Gasteiger charge is -2.38. The number of methoxy groups -OCH3 is 3. The summed E-state index contributed by atoms with van der Waals surface area (Å²) in [6.07, 6.45) is 0.835. The van der Waals surface area contributed by atoms with E-state index in [4.69, 9.17) is 26.4 Å². The monoisotopic (exact) mass is 483 g/mol. The van der Waals surface area contributed by atoms with E-state index in [2.05, 4.69) is 10.6 Å². The van der Waals surface area contributed by atoms with Crippen LogP contribution >= 0.6 is 12.2 Å². The van der Waals surface area contributed by atoms with E-state index in [0.717, 1.165) is 6.42 Å². The summed E-state index contributed by atoms with van der Waals surface area (Å²) < 4.78 is 15.7. The minimum absolute atomic E-state index is 0.353. The van der Waals surface area contributed by atoms with Gasteiger partial charge in [-0.2, -0.15) is 0 Å². The Morgan fingerprint density at radius 3 is 2.50 bits per heavy atom. The highest BCUT2D eigenvalue weighted by Crippen LogP contribution is 2.35. The second-order valence-corrected chi connectivity index (χ2v) is 8.02. The zero-order valence-electron chi connectivity index (χ0n) is 19.9. The van der Waals surface area contributed by atoms with E-state index in [0.29, 0.717) is 51.2 Å². The second kappa shape index (κ2) is 11.0. The summed E-state index contributed by atoms with van der Waals surface area (Å²) in [6.45, 7) is 4.53. The van der Waals surface area contributed by atoms with Crippen LogP contribution in [0.4, 0.5) is 5.69 Å². The lowest BCUT2D eigenvalue weighted by molar-refractivity contribution is -0.113. The summed E-state index contributed by atoms with van der Waals surface area (Å²) in [7, 11) is 4.40. The summed E-state index contributed by atoms with van der Waals surface area (Å²) in [5.74, 6) is 0.213. The van der Waals surface area contributed by atoms with Crippen molar-refractivity contribution < 1.29 is 23.8 Å². The van der Waals surface area contributed by atoms with Crippen LogP contribution in [0.3, 0.4) is 0 Å². The van der Waals surface area contributed by atoms with Crippen molar-refractivity contribution in [2.75, 3.05) is 33.2 Å². The fourth-order valence-corrected chi connectivity index (χ4v) is 4.29. The van der Waals surface area contributed by atoms with Crippen molar-refractivity contribution in [3.63, 3.8) is 0 Å². The zero-order valence-corrected chi connectivity index (χ0v) is 20.7. The first kappa shape index (κ1) is 25.0. The summed E-state index contributed by atoms with van der Waals surface area (Å²) in [5, 5.41) is 6.69. The minimum atomic E-state index is -0.660. The van der Waals surface area contributed by atoms with Crippen LogP contribution in [0.25, 0.3) is 0 Å². The Bertz CT molecular complexity index is 1130. The number of hydrogen-bond donors (Lipinski definition) is 2. The molecule has 1 atom stereocenters. The molecule has 1 aliphatic rings. The fraction of sp³-hybridized carbons (Fsp3) is 0.320. The van der Waals surface area contributed by atoms with Gasteiger partial charge in [0.1, 0.15) is 11.5 Å². The predicted octanol–water partition coefficient (Wildman–Crippen LogP) is 4.04. The Hall–Kier alpha value is -3.59. The molecular weight excluding hydrogens is 454 g/mol. The number of rotatable bonds is 8. The van der Waals surface area contributed by atoms with E-state index in [1.807, 2.05) is 18.7 Å². The van der Waals surface area contributed by atoms with Crippen LogP contribution < -0.4 is 20.1 Å². The largest absolute Gasteiger partial charge is 0.497 e. The summed E-state index contributed by atoms with van der Waals surface area (Å²) in [5.41, 5.74) is 2.54. The number of ether oxygens (including phenoxy) is 3. The first-order chi connectivity index (χ1) is 16.4. The molecule has 0 aromatic heterocycles. The average molecular weight is 484 g/mol. The Morgan fingerprint density at radius 2 is 1.85 bits per heavy atom. The maximum Gasteiger partial charge on any atom is 0.338 e. The fourth-order valence-electron chi connectivity index (χ4n) is 3.95. The van der Waals surface area contributed by atoms with Crippen LogP contribution in [0.5, 0.6) is 11.5 Å². The van der Waals surface area contributed by atoms with Crippen molar-refractivity contribution in [1.29, 1.82) is 0 Å². The van der Waals surface area contributed by atoms with Gasteiger partial charge in [-0.1, -0.05) is 25.1 Å². The molecule has 1 unspecified atom stereocenters. The van der Waals surface area contributed by atoms with Gasteiger partial charge in [0, 0.05) is 18.3 Å². The molecule has 0 spiro atoms. The molecule has 0 saturated heterocycles. The standard InChI is InChI=1S/C25H29N3O5S/c1-6-13-28-15(2)21(23(29)26-19-14-16(31-3)11-12-20(19)32-4)22(27-25(28)34)17-9-7-8-10-18(17)24(30)33-5/h7-12,14,22H,6,13H2,1-5H3,(H,26,29)(H,27,34). The van der Waals surface area contributed by atoms with Crippen molar-refractivity contribution in [3.8, 4) is 11.5 Å². The maximum absolute atomic E-state index is 13.7. The van der Waals surface area contributed by atoms with Crippen LogP contribution in [0, 0.1) is 0 Å². The third kappa shape index (κ3) is 4.99. The van der Waals surface area contributed by atoms with Gasteiger partial charge in [-0.3, -0.25) is 4.79 Å². The normalized spacial score (nSPS) is 15.5. The quantitative estimate of drug-likeness (QED) is 0.430. The molecule has 2 aromatic carbocycles. The molecular formula is C25H29N3O5S. The Labute approximate surface area is 204 Å². The second-order valence-electron chi connectivity index (χ2n) is 7.63. The van der Waals surface area contributed by atoms with Gasteiger partial charge in [-0.05, 0) is 49.3 Å². The zero-order chi connectivity index (χ0) is 24.8. The van der Waals surface area contributed by atoms with E-state index in [9.17, 15) is 9.59 Å². The number of carbonyl (C=O) groups is 2. The number of allylic oxidation sites excluding steroid dienone is 1. The molecule has 180 valence electrons. The van der Waals surface area contributed by atoms with Crippen LogP contribution in [0.15, 0.2) is 53.7 Å². The Balaban J connectivity index is 2.13. The van der Waals surface area contributed by atoms with Gasteiger partial charge in [-0.15, -0.1) is 0 Å². The number of esters is 1. The number of benzene rings is 2. The average Bonchev–Trinajstić information content (AvgIpc) is 2.85. The molecule has 0 aliphatic carbocycles. The van der Waals surface area contributed by atoms with Crippen molar-refractivity contribution in [1.82, 2.24) is 10.2 Å². The third-order valence-corrected chi connectivity index (χ3v) is 5.96. The highest BCUT2D eigenvalue weighted by atomic mass is 32.1. The molecule has 2 N–H and O–H groups in total. The molecule has 2 aromatic rings. The van der Waals surface area contributed by atoms with Crippen LogP contribution in [0.2, 0.25) is 0 Å². The SMILES string of the molecule is CCCN1C(=S)NC(c2ccccc2C(=O)OC)C(C(=O)Nc2cc(OC)ccc2OC)=C1C. The van der Waals surface area contributed by atoms with Gasteiger partial charge >= 0.3 is 5.97 Å². The van der Waals surface area contributed by atoms with Crippen LogP contribution in [-0.2, 0) is 9.53 Å². The molecule has 9 heteroatoms. The lowest BCUT2D eigenvalue weighted by Crippen LogP contribution is -2.48. The first-order valence-electron chi connectivity index (χ1n) is 10.9. The number of carbonyl (C=O) groups excluding carboxylic acids is 2. The molecule has 0 saturated carbocycles. The molecule has 8 nitrogen and oxygen atoms in total. The van der Waals surface area contributed by atoms with Crippen molar-refractivity contribution in [2.45, 2.75) is 26.3 Å². The molecule has 3 rings (SSSR count). The van der Waals surface area contributed by atoms with E-state index < -0.39 is 12.0 Å². The minimum Gasteiger partial charge on any atom is -0.497 e. The van der Waals surface area contributed by atoms with E-state index in [1.54, 1.807) is 49.6 Å². The van der Waals surface area contributed by atoms with Gasteiger partial charge in [0.15, 0.2) is 5.11 Å². The molecule has 0 fully saturated rings. The van der Waals surface area contributed by atoms with Crippen molar-refractivity contribution in [2.24, 2.45) is 0 Å². The van der Waals surface area contributed by atoms with Gasteiger partial charge in [0.05, 0.1) is 44.2 Å². The first-order valence-corrected chi connectivity index (χ1v) is 11.3. The number of amides is 1. The number of thiocarbonyl (C=S) groups is 1. The van der Waals surface area contributed by atoms with Gasteiger partial charge < -0.3 is 29.7 Å². The third-order valence-electron chi connectivity index (χ3n) is 5.62. The number of anilines is 1. The molecule has 1 heterocycles. The maximum atomic E-state index is 13.7. The molecule has 34 heavy (non-hydrogen) atoms. The topological polar surface area (TPSA) is 89.1 Å². The number of nitrogens with zero attached hydrogens (tertiary/aromatic N) is 1. The van der Waals surface area contributed by atoms with E-state index in [1.165, 1.54) is 14.2 Å². The van der Waals surface area contributed by atoms with E-state index in [-0.39, 0.29) is 5.91 Å². The lowest BCUT2D eigenvalue weighted by atomic mass is 9.90. The molecule has 0 bridgehead atoms. The molecule has 1 aliphatic heterocycles. The number of hydrogen-bond acceptors (Lipinski definition) is 6. The van der Waals surface area contributed by atoms with Gasteiger partial charge in [-0.25, -0.2) is 4.79 Å². The predicted molar refractivity (Wildman–Crippen MR) is 134 cm³/mol. The smallest absolute Gasteiger partial charge is 0.338 e. The number of nitrogens with one attached hydrogen (secondary N) is 2. The molecule has 0 radical (unpaired) electrons. The summed E-state index contributed by atoms with van der Waals surface area (Å²) >= 11 is 5.62.